The van der Waals surface area contributed by atoms with Crippen molar-refractivity contribution in [1.29, 1.82) is 0 Å². The monoisotopic (exact) mass is 359 g/mol. The average Bonchev–Trinajstić information content (AvgIpc) is 2.68. The zero-order valence-electron chi connectivity index (χ0n) is 16.0. The number of rotatable bonds is 6. The van der Waals surface area contributed by atoms with Gasteiger partial charge in [0.2, 0.25) is 0 Å². The molecule has 0 aliphatic rings. The second-order valence-electron chi connectivity index (χ2n) is 6.97. The number of nitrogens with zero attached hydrogens (tertiary/aromatic N) is 1. The first-order chi connectivity index (χ1) is 13.0. The minimum absolute atomic E-state index is 0.167. The summed E-state index contributed by atoms with van der Waals surface area (Å²) in [6.07, 6.45) is 3.31. The van der Waals surface area contributed by atoms with Gasteiger partial charge in [-0.2, -0.15) is 0 Å². The van der Waals surface area contributed by atoms with Crippen molar-refractivity contribution >= 4 is 17.3 Å². The molecule has 1 aromatic heterocycles. The number of benzene rings is 2. The number of hydrogen-bond donors (Lipinski definition) is 2. The Morgan fingerprint density at radius 3 is 2.44 bits per heavy atom. The van der Waals surface area contributed by atoms with E-state index in [-0.39, 0.29) is 5.91 Å². The Kier molecular flexibility index (Phi) is 5.87. The molecule has 2 N–H and O–H groups in total. The molecule has 0 spiro atoms. The SMILES string of the molecule is Cc1ccccc1CNc1cncc(C(=O)Nc2ccc(C(C)C)cc2)c1. The van der Waals surface area contributed by atoms with Gasteiger partial charge in [-0.25, -0.2) is 0 Å². The topological polar surface area (TPSA) is 54.0 Å². The quantitative estimate of drug-likeness (QED) is 0.621. The summed E-state index contributed by atoms with van der Waals surface area (Å²) in [4.78, 5) is 16.7. The third kappa shape index (κ3) is 4.94. The highest BCUT2D eigenvalue weighted by molar-refractivity contribution is 6.04. The van der Waals surface area contributed by atoms with E-state index in [0.29, 0.717) is 18.0 Å². The number of aromatic nitrogens is 1. The highest BCUT2D eigenvalue weighted by Crippen LogP contribution is 2.18. The minimum atomic E-state index is -0.167. The van der Waals surface area contributed by atoms with Crippen LogP contribution in [-0.4, -0.2) is 10.9 Å². The highest BCUT2D eigenvalue weighted by Gasteiger charge is 2.08. The van der Waals surface area contributed by atoms with E-state index in [1.165, 1.54) is 16.7 Å². The Morgan fingerprint density at radius 2 is 1.74 bits per heavy atom. The first kappa shape index (κ1) is 18.6. The molecular formula is C23H25N3O. The van der Waals surface area contributed by atoms with Crippen molar-refractivity contribution in [3.8, 4) is 0 Å². The first-order valence-corrected chi connectivity index (χ1v) is 9.17. The molecule has 0 aliphatic heterocycles. The molecule has 0 unspecified atom stereocenters. The summed E-state index contributed by atoms with van der Waals surface area (Å²) in [7, 11) is 0. The number of pyridine rings is 1. The normalized spacial score (nSPS) is 10.7. The van der Waals surface area contributed by atoms with Gasteiger partial charge in [0.1, 0.15) is 0 Å². The molecule has 4 heteroatoms. The number of amides is 1. The lowest BCUT2D eigenvalue weighted by Gasteiger charge is -2.11. The fourth-order valence-corrected chi connectivity index (χ4v) is 2.82. The lowest BCUT2D eigenvalue weighted by molar-refractivity contribution is 0.102. The molecule has 2 aromatic carbocycles. The van der Waals surface area contributed by atoms with E-state index in [2.05, 4.69) is 48.5 Å². The molecule has 0 radical (unpaired) electrons. The Bertz CT molecular complexity index is 917. The van der Waals surface area contributed by atoms with E-state index >= 15 is 0 Å². The maximum Gasteiger partial charge on any atom is 0.257 e. The summed E-state index contributed by atoms with van der Waals surface area (Å²) in [5.74, 6) is 0.300. The second-order valence-corrected chi connectivity index (χ2v) is 6.97. The summed E-state index contributed by atoms with van der Waals surface area (Å²) in [5, 5.41) is 6.27. The highest BCUT2D eigenvalue weighted by atomic mass is 16.1. The standard InChI is InChI=1S/C23H25N3O/c1-16(2)18-8-10-21(11-9-18)26-23(27)20-12-22(15-24-13-20)25-14-19-7-5-4-6-17(19)3/h4-13,15-16,25H,14H2,1-3H3,(H,26,27). The van der Waals surface area contributed by atoms with Crippen LogP contribution in [0.3, 0.4) is 0 Å². The van der Waals surface area contributed by atoms with Gasteiger partial charge >= 0.3 is 0 Å². The maximum absolute atomic E-state index is 12.5. The number of aryl methyl sites for hydroxylation is 1. The van der Waals surface area contributed by atoms with Crippen LogP contribution >= 0.6 is 0 Å². The van der Waals surface area contributed by atoms with Crippen LogP contribution in [0.4, 0.5) is 11.4 Å². The predicted molar refractivity (Wildman–Crippen MR) is 111 cm³/mol. The molecule has 0 saturated carbocycles. The van der Waals surface area contributed by atoms with Gasteiger partial charge in [-0.1, -0.05) is 50.2 Å². The third-order valence-corrected chi connectivity index (χ3v) is 4.58. The molecule has 0 saturated heterocycles. The lowest BCUT2D eigenvalue weighted by Crippen LogP contribution is -2.13. The van der Waals surface area contributed by atoms with Crippen LogP contribution in [0.1, 0.15) is 46.8 Å². The van der Waals surface area contributed by atoms with E-state index in [4.69, 9.17) is 0 Å². The Morgan fingerprint density at radius 1 is 1.00 bits per heavy atom. The molecular weight excluding hydrogens is 334 g/mol. The van der Waals surface area contributed by atoms with Gasteiger partial charge < -0.3 is 10.6 Å². The van der Waals surface area contributed by atoms with Crippen molar-refractivity contribution in [2.75, 3.05) is 10.6 Å². The van der Waals surface area contributed by atoms with E-state index in [9.17, 15) is 4.79 Å². The van der Waals surface area contributed by atoms with Crippen LogP contribution in [-0.2, 0) is 6.54 Å². The zero-order valence-corrected chi connectivity index (χ0v) is 16.0. The van der Waals surface area contributed by atoms with Crippen LogP contribution < -0.4 is 10.6 Å². The third-order valence-electron chi connectivity index (χ3n) is 4.58. The van der Waals surface area contributed by atoms with Crippen molar-refractivity contribution in [3.05, 3.63) is 89.2 Å². The van der Waals surface area contributed by atoms with Crippen molar-refractivity contribution in [1.82, 2.24) is 4.98 Å². The molecule has 0 fully saturated rings. The van der Waals surface area contributed by atoms with Gasteiger partial charge in [0.05, 0.1) is 11.3 Å². The summed E-state index contributed by atoms with van der Waals surface area (Å²) >= 11 is 0. The van der Waals surface area contributed by atoms with E-state index in [1.807, 2.05) is 42.5 Å². The van der Waals surface area contributed by atoms with Gasteiger partial charge in [0, 0.05) is 24.6 Å². The van der Waals surface area contributed by atoms with Gasteiger partial charge in [0.15, 0.2) is 0 Å². The molecule has 3 rings (SSSR count). The Hall–Kier alpha value is -3.14. The van der Waals surface area contributed by atoms with Crippen LogP contribution in [0.5, 0.6) is 0 Å². The Balaban J connectivity index is 1.65. The van der Waals surface area contributed by atoms with E-state index < -0.39 is 0 Å². The second kappa shape index (κ2) is 8.49. The van der Waals surface area contributed by atoms with E-state index in [1.54, 1.807) is 12.4 Å². The predicted octanol–water partition coefficient (Wildman–Crippen LogP) is 5.38. The molecule has 27 heavy (non-hydrogen) atoms. The van der Waals surface area contributed by atoms with Crippen molar-refractivity contribution in [2.24, 2.45) is 0 Å². The van der Waals surface area contributed by atoms with Gasteiger partial charge in [-0.3, -0.25) is 9.78 Å². The molecule has 0 atom stereocenters. The van der Waals surface area contributed by atoms with E-state index in [0.717, 1.165) is 11.4 Å². The Labute approximate surface area is 160 Å². The largest absolute Gasteiger partial charge is 0.380 e. The van der Waals surface area contributed by atoms with Crippen molar-refractivity contribution in [3.63, 3.8) is 0 Å². The molecule has 1 amide bonds. The average molecular weight is 359 g/mol. The summed E-state index contributed by atoms with van der Waals surface area (Å²) in [5.41, 5.74) is 5.83. The van der Waals surface area contributed by atoms with Gasteiger partial charge in [-0.15, -0.1) is 0 Å². The lowest BCUT2D eigenvalue weighted by atomic mass is 10.0. The number of carbonyl (C=O) groups excluding carboxylic acids is 1. The molecule has 4 nitrogen and oxygen atoms in total. The molecule has 1 heterocycles. The maximum atomic E-state index is 12.5. The van der Waals surface area contributed by atoms with Crippen molar-refractivity contribution in [2.45, 2.75) is 33.2 Å². The fourth-order valence-electron chi connectivity index (χ4n) is 2.82. The number of nitrogens with one attached hydrogen (secondary N) is 2. The molecule has 138 valence electrons. The van der Waals surface area contributed by atoms with Crippen LogP contribution in [0.2, 0.25) is 0 Å². The number of carbonyl (C=O) groups is 1. The molecule has 0 bridgehead atoms. The number of anilines is 2. The zero-order chi connectivity index (χ0) is 19.2. The first-order valence-electron chi connectivity index (χ1n) is 9.17. The van der Waals surface area contributed by atoms with Gasteiger partial charge in [0.25, 0.3) is 5.91 Å². The van der Waals surface area contributed by atoms with Crippen LogP contribution in [0, 0.1) is 6.92 Å². The molecule has 0 aliphatic carbocycles. The van der Waals surface area contributed by atoms with Crippen LogP contribution in [0.15, 0.2) is 67.0 Å². The van der Waals surface area contributed by atoms with Crippen LogP contribution in [0.25, 0.3) is 0 Å². The summed E-state index contributed by atoms with van der Waals surface area (Å²) < 4.78 is 0. The smallest absolute Gasteiger partial charge is 0.257 e. The summed E-state index contributed by atoms with van der Waals surface area (Å²) in [6.45, 7) is 7.07. The summed E-state index contributed by atoms with van der Waals surface area (Å²) in [6, 6.07) is 18.0. The van der Waals surface area contributed by atoms with Gasteiger partial charge in [-0.05, 0) is 47.7 Å². The minimum Gasteiger partial charge on any atom is -0.380 e. The number of hydrogen-bond acceptors (Lipinski definition) is 3. The van der Waals surface area contributed by atoms with Crippen molar-refractivity contribution < 1.29 is 4.79 Å². The fraction of sp³-hybridized carbons (Fsp3) is 0.217. The molecule has 3 aromatic rings.